The second kappa shape index (κ2) is 6.74. The molecule has 0 fully saturated rings. The number of hydrogen-bond donors (Lipinski definition) is 0. The van der Waals surface area contributed by atoms with E-state index < -0.39 is 0 Å². The van der Waals surface area contributed by atoms with Gasteiger partial charge in [-0.15, -0.1) is 0 Å². The number of benzene rings is 2. The first-order valence-electron chi connectivity index (χ1n) is 7.61. The summed E-state index contributed by atoms with van der Waals surface area (Å²) in [5, 5.41) is 0. The zero-order valence-electron chi connectivity index (χ0n) is 12.9. The lowest BCUT2D eigenvalue weighted by atomic mass is 9.86. The highest BCUT2D eigenvalue weighted by atomic mass is 14.2. The van der Waals surface area contributed by atoms with Gasteiger partial charge in [0.05, 0.1) is 0 Å². The Kier molecular flexibility index (Phi) is 5.00. The van der Waals surface area contributed by atoms with E-state index in [1.807, 2.05) is 0 Å². The van der Waals surface area contributed by atoms with Gasteiger partial charge in [0, 0.05) is 0 Å². The van der Waals surface area contributed by atoms with Gasteiger partial charge in [-0.3, -0.25) is 0 Å². The maximum atomic E-state index is 3.38. The molecule has 20 heavy (non-hydrogen) atoms. The molecule has 0 saturated heterocycles. The van der Waals surface area contributed by atoms with Crippen molar-refractivity contribution in [1.29, 1.82) is 0 Å². The molecular weight excluding hydrogens is 240 g/mol. The maximum Gasteiger partial charge on any atom is -0.0132 e. The Hall–Kier alpha value is -1.56. The van der Waals surface area contributed by atoms with E-state index in [1.54, 1.807) is 0 Å². The van der Waals surface area contributed by atoms with Crippen LogP contribution in [0.5, 0.6) is 0 Å². The van der Waals surface area contributed by atoms with Crippen LogP contribution in [0.3, 0.4) is 0 Å². The summed E-state index contributed by atoms with van der Waals surface area (Å²) in [4.78, 5) is 0. The van der Waals surface area contributed by atoms with Gasteiger partial charge < -0.3 is 0 Å². The third-order valence-corrected chi connectivity index (χ3v) is 3.73. The van der Waals surface area contributed by atoms with E-state index in [0.717, 1.165) is 6.42 Å². The first-order valence-corrected chi connectivity index (χ1v) is 7.61. The molecule has 0 spiro atoms. The highest BCUT2D eigenvalue weighted by molar-refractivity contribution is 5.27. The molecule has 0 unspecified atom stereocenters. The van der Waals surface area contributed by atoms with Crippen molar-refractivity contribution in [2.45, 2.75) is 51.9 Å². The molecule has 0 aliphatic carbocycles. The Morgan fingerprint density at radius 3 is 2.30 bits per heavy atom. The summed E-state index contributed by atoms with van der Waals surface area (Å²) < 4.78 is 0. The van der Waals surface area contributed by atoms with E-state index in [4.69, 9.17) is 0 Å². The molecule has 0 heteroatoms. The SMILES string of the molecule is CC(C)(C)c1cc[c]c(CCCCc2ccccc2)c1. The molecule has 1 radical (unpaired) electrons. The second-order valence-electron chi connectivity index (χ2n) is 6.55. The van der Waals surface area contributed by atoms with Crippen molar-refractivity contribution in [1.82, 2.24) is 0 Å². The minimum absolute atomic E-state index is 0.230. The second-order valence-corrected chi connectivity index (χ2v) is 6.55. The van der Waals surface area contributed by atoms with Crippen molar-refractivity contribution < 1.29 is 0 Å². The molecule has 0 aliphatic rings. The molecule has 2 rings (SSSR count). The van der Waals surface area contributed by atoms with E-state index in [1.165, 1.54) is 36.0 Å². The summed E-state index contributed by atoms with van der Waals surface area (Å²) in [5.41, 5.74) is 4.44. The van der Waals surface area contributed by atoms with E-state index in [9.17, 15) is 0 Å². The van der Waals surface area contributed by atoms with Crippen LogP contribution < -0.4 is 0 Å². The highest BCUT2D eigenvalue weighted by Gasteiger charge is 2.13. The Bertz CT molecular complexity index is 517. The van der Waals surface area contributed by atoms with E-state index in [0.29, 0.717) is 0 Å². The van der Waals surface area contributed by atoms with Crippen LogP contribution in [0.1, 0.15) is 50.3 Å². The summed E-state index contributed by atoms with van der Waals surface area (Å²) in [6.07, 6.45) is 4.80. The molecule has 2 aromatic rings. The molecule has 0 aromatic heterocycles. The lowest BCUT2D eigenvalue weighted by Crippen LogP contribution is -2.11. The first-order chi connectivity index (χ1) is 9.55. The van der Waals surface area contributed by atoms with Gasteiger partial charge in [-0.05, 0) is 53.9 Å². The third kappa shape index (κ3) is 4.52. The van der Waals surface area contributed by atoms with Gasteiger partial charge in [0.1, 0.15) is 0 Å². The zero-order valence-corrected chi connectivity index (χ0v) is 12.9. The minimum atomic E-state index is 0.230. The molecule has 0 saturated carbocycles. The summed E-state index contributed by atoms with van der Waals surface area (Å²) in [6, 6.07) is 20.7. The predicted octanol–water partition coefficient (Wildman–Crippen LogP) is 5.35. The maximum absolute atomic E-state index is 3.38. The summed E-state index contributed by atoms with van der Waals surface area (Å²) in [6.45, 7) is 6.80. The van der Waals surface area contributed by atoms with E-state index in [2.05, 4.69) is 75.4 Å². The quantitative estimate of drug-likeness (QED) is 0.639. The Morgan fingerprint density at radius 1 is 0.900 bits per heavy atom. The van der Waals surface area contributed by atoms with Gasteiger partial charge in [-0.25, -0.2) is 0 Å². The van der Waals surface area contributed by atoms with Gasteiger partial charge in [0.25, 0.3) is 0 Å². The van der Waals surface area contributed by atoms with Crippen molar-refractivity contribution in [3.63, 3.8) is 0 Å². The van der Waals surface area contributed by atoms with Crippen molar-refractivity contribution >= 4 is 0 Å². The molecule has 2 aromatic carbocycles. The average Bonchev–Trinajstić information content (AvgIpc) is 2.44. The zero-order chi connectivity index (χ0) is 14.4. The molecule has 0 heterocycles. The fraction of sp³-hybridized carbons (Fsp3) is 0.400. The molecule has 0 amide bonds. The lowest BCUT2D eigenvalue weighted by molar-refractivity contribution is 0.588. The molecular formula is C20H25. The van der Waals surface area contributed by atoms with Crippen LogP contribution in [0.25, 0.3) is 0 Å². The van der Waals surface area contributed by atoms with Crippen LogP contribution >= 0.6 is 0 Å². The Balaban J connectivity index is 1.83. The number of rotatable bonds is 5. The summed E-state index contributed by atoms with van der Waals surface area (Å²) in [7, 11) is 0. The Morgan fingerprint density at radius 2 is 1.60 bits per heavy atom. The van der Waals surface area contributed by atoms with Crippen LogP contribution in [0.15, 0.2) is 48.5 Å². The first kappa shape index (κ1) is 14.8. The minimum Gasteiger partial charge on any atom is -0.0622 e. The topological polar surface area (TPSA) is 0 Å². The highest BCUT2D eigenvalue weighted by Crippen LogP contribution is 2.23. The number of aryl methyl sites for hydroxylation is 2. The Labute approximate surface area is 123 Å². The van der Waals surface area contributed by atoms with E-state index in [-0.39, 0.29) is 5.41 Å². The number of unbranched alkanes of at least 4 members (excludes halogenated alkanes) is 1. The summed E-state index contributed by atoms with van der Waals surface area (Å²) in [5.74, 6) is 0. The molecule has 0 aliphatic heterocycles. The molecule has 0 nitrogen and oxygen atoms in total. The van der Waals surface area contributed by atoms with Crippen LogP contribution in [0.2, 0.25) is 0 Å². The number of hydrogen-bond acceptors (Lipinski definition) is 0. The third-order valence-electron chi connectivity index (χ3n) is 3.73. The predicted molar refractivity (Wildman–Crippen MR) is 87.1 cm³/mol. The molecule has 0 bridgehead atoms. The van der Waals surface area contributed by atoms with Gasteiger partial charge >= 0.3 is 0 Å². The monoisotopic (exact) mass is 265 g/mol. The normalized spacial score (nSPS) is 11.6. The van der Waals surface area contributed by atoms with Crippen molar-refractivity contribution in [3.8, 4) is 0 Å². The van der Waals surface area contributed by atoms with Gasteiger partial charge in [0.15, 0.2) is 0 Å². The molecule has 0 atom stereocenters. The molecule has 105 valence electrons. The van der Waals surface area contributed by atoms with Crippen LogP contribution in [0, 0.1) is 6.07 Å². The summed E-state index contributed by atoms with van der Waals surface area (Å²) >= 11 is 0. The fourth-order valence-corrected chi connectivity index (χ4v) is 2.42. The van der Waals surface area contributed by atoms with Crippen LogP contribution in [-0.4, -0.2) is 0 Å². The van der Waals surface area contributed by atoms with Gasteiger partial charge in [0.2, 0.25) is 0 Å². The van der Waals surface area contributed by atoms with Gasteiger partial charge in [-0.1, -0.05) is 69.3 Å². The largest absolute Gasteiger partial charge is 0.0622 e. The van der Waals surface area contributed by atoms with Crippen molar-refractivity contribution in [3.05, 3.63) is 71.3 Å². The average molecular weight is 265 g/mol. The fourth-order valence-electron chi connectivity index (χ4n) is 2.42. The smallest absolute Gasteiger partial charge is 0.0132 e. The van der Waals surface area contributed by atoms with Crippen molar-refractivity contribution in [2.75, 3.05) is 0 Å². The van der Waals surface area contributed by atoms with Crippen LogP contribution in [0.4, 0.5) is 0 Å². The standard InChI is InChI=1S/C20H25/c1-20(2,3)19-15-9-14-18(16-19)13-8-7-12-17-10-5-4-6-11-17/h4-6,9-11,15-16H,7-8,12-13H2,1-3H3. The van der Waals surface area contributed by atoms with Crippen molar-refractivity contribution in [2.24, 2.45) is 0 Å². The van der Waals surface area contributed by atoms with Gasteiger partial charge in [-0.2, -0.15) is 0 Å². The lowest BCUT2D eigenvalue weighted by Gasteiger charge is -2.19. The van der Waals surface area contributed by atoms with Crippen LogP contribution in [-0.2, 0) is 18.3 Å². The van der Waals surface area contributed by atoms with E-state index >= 15 is 0 Å². The molecule has 0 N–H and O–H groups in total.